The van der Waals surface area contributed by atoms with Gasteiger partial charge in [-0.25, -0.2) is 0 Å². The lowest BCUT2D eigenvalue weighted by Crippen LogP contribution is -2.04. The summed E-state index contributed by atoms with van der Waals surface area (Å²) in [6, 6.07) is 4.58. The summed E-state index contributed by atoms with van der Waals surface area (Å²) in [4.78, 5) is 10.6. The van der Waals surface area contributed by atoms with E-state index in [-0.39, 0.29) is 18.0 Å². The summed E-state index contributed by atoms with van der Waals surface area (Å²) in [5.74, 6) is 0.466. The van der Waals surface area contributed by atoms with Crippen LogP contribution in [0.2, 0.25) is 0 Å². The molecule has 8 heteroatoms. The number of rotatable bonds is 5. The van der Waals surface area contributed by atoms with E-state index in [0.29, 0.717) is 21.5 Å². The first kappa shape index (κ1) is 15.5. The second-order valence-electron chi connectivity index (χ2n) is 4.50. The molecule has 1 heterocycles. The molecular formula is C13H13BrN2O5. The molecule has 0 aliphatic heterocycles. The van der Waals surface area contributed by atoms with Gasteiger partial charge in [-0.3, -0.25) is 10.1 Å². The molecule has 7 nitrogen and oxygen atoms in total. The first-order chi connectivity index (χ1) is 9.88. The fourth-order valence-electron chi connectivity index (χ4n) is 1.83. The molecular weight excluding hydrogens is 344 g/mol. The summed E-state index contributed by atoms with van der Waals surface area (Å²) in [5, 5.41) is 24.6. The molecule has 1 atom stereocenters. The van der Waals surface area contributed by atoms with Crippen LogP contribution in [-0.2, 0) is 6.61 Å². The Balaban J connectivity index is 2.37. The number of aryl methyl sites for hydroxylation is 1. The normalized spacial score (nSPS) is 12.2. The maximum atomic E-state index is 11.2. The van der Waals surface area contributed by atoms with Crippen molar-refractivity contribution in [3.05, 3.63) is 49.8 Å². The number of benzene rings is 1. The molecule has 0 spiro atoms. The average Bonchev–Trinajstić information content (AvgIpc) is 2.81. The second-order valence-corrected chi connectivity index (χ2v) is 5.42. The minimum Gasteiger partial charge on any atom is -0.478 e. The first-order valence-electron chi connectivity index (χ1n) is 6.09. The number of aliphatic hydroxyl groups is 1. The zero-order valence-corrected chi connectivity index (χ0v) is 13.0. The highest BCUT2D eigenvalue weighted by molar-refractivity contribution is 9.10. The van der Waals surface area contributed by atoms with E-state index in [1.54, 1.807) is 19.1 Å². The third kappa shape index (κ3) is 3.59. The Kier molecular flexibility index (Phi) is 4.59. The Morgan fingerprint density at radius 1 is 1.52 bits per heavy atom. The van der Waals surface area contributed by atoms with Crippen LogP contribution in [0.3, 0.4) is 0 Å². The molecule has 0 bridgehead atoms. The molecule has 0 aliphatic carbocycles. The number of nitro benzene ring substituents is 1. The largest absolute Gasteiger partial charge is 0.478 e. The Labute approximate surface area is 128 Å². The molecule has 1 N–H and O–H groups in total. The maximum absolute atomic E-state index is 11.2. The van der Waals surface area contributed by atoms with Gasteiger partial charge >= 0.3 is 5.69 Å². The van der Waals surface area contributed by atoms with E-state index in [2.05, 4.69) is 21.1 Å². The Morgan fingerprint density at radius 3 is 2.76 bits per heavy atom. The molecule has 1 aromatic heterocycles. The highest BCUT2D eigenvalue weighted by atomic mass is 79.9. The number of nitrogens with zero attached hydrogens (tertiary/aromatic N) is 2. The van der Waals surface area contributed by atoms with Gasteiger partial charge in [-0.1, -0.05) is 21.1 Å². The average molecular weight is 357 g/mol. The van der Waals surface area contributed by atoms with E-state index in [1.807, 2.05) is 0 Å². The van der Waals surface area contributed by atoms with Crippen LogP contribution in [0.15, 0.2) is 27.2 Å². The SMILES string of the molecule is Cc1cc(COc2c([C@@H](C)O)cc(Br)cc2[N+](=O)[O-])on1. The van der Waals surface area contributed by atoms with Gasteiger partial charge in [0.2, 0.25) is 5.75 Å². The van der Waals surface area contributed by atoms with Crippen LogP contribution in [0.1, 0.15) is 30.0 Å². The molecule has 2 aromatic rings. The lowest BCUT2D eigenvalue weighted by molar-refractivity contribution is -0.386. The highest BCUT2D eigenvalue weighted by Gasteiger charge is 2.23. The number of ether oxygens (including phenoxy) is 1. The van der Waals surface area contributed by atoms with Crippen molar-refractivity contribution in [1.82, 2.24) is 5.16 Å². The molecule has 0 aliphatic rings. The topological polar surface area (TPSA) is 98.6 Å². The van der Waals surface area contributed by atoms with Gasteiger partial charge < -0.3 is 14.4 Å². The first-order valence-corrected chi connectivity index (χ1v) is 6.88. The monoisotopic (exact) mass is 356 g/mol. The zero-order chi connectivity index (χ0) is 15.6. The van der Waals surface area contributed by atoms with Gasteiger partial charge in [0.15, 0.2) is 5.76 Å². The minimum atomic E-state index is -0.910. The van der Waals surface area contributed by atoms with Crippen LogP contribution in [-0.4, -0.2) is 15.2 Å². The summed E-state index contributed by atoms with van der Waals surface area (Å²) in [6.07, 6.45) is -0.910. The number of aliphatic hydroxyl groups excluding tert-OH is 1. The van der Waals surface area contributed by atoms with Crippen molar-refractivity contribution in [1.29, 1.82) is 0 Å². The molecule has 21 heavy (non-hydrogen) atoms. The van der Waals surface area contributed by atoms with E-state index >= 15 is 0 Å². The van der Waals surface area contributed by atoms with Gasteiger partial charge in [0.25, 0.3) is 0 Å². The molecule has 0 fully saturated rings. The van der Waals surface area contributed by atoms with E-state index in [0.717, 1.165) is 0 Å². The lowest BCUT2D eigenvalue weighted by atomic mass is 10.1. The molecule has 0 radical (unpaired) electrons. The van der Waals surface area contributed by atoms with Crippen molar-refractivity contribution in [2.45, 2.75) is 26.6 Å². The molecule has 2 rings (SSSR count). The van der Waals surface area contributed by atoms with Gasteiger partial charge in [-0.05, 0) is 19.9 Å². The molecule has 0 saturated carbocycles. The number of hydrogen-bond donors (Lipinski definition) is 1. The smallest absolute Gasteiger partial charge is 0.312 e. The number of nitro groups is 1. The van der Waals surface area contributed by atoms with Crippen LogP contribution in [0.25, 0.3) is 0 Å². The molecule has 1 aromatic carbocycles. The lowest BCUT2D eigenvalue weighted by Gasteiger charge is -2.13. The standard InChI is InChI=1S/C13H13BrN2O5/c1-7-3-10(21-15-7)6-20-13-11(8(2)17)4-9(14)5-12(13)16(18)19/h3-5,8,17H,6H2,1-2H3/t8-/m1/s1. The van der Waals surface area contributed by atoms with Crippen molar-refractivity contribution in [3.63, 3.8) is 0 Å². The van der Waals surface area contributed by atoms with Crippen molar-refractivity contribution in [2.75, 3.05) is 0 Å². The van der Waals surface area contributed by atoms with Crippen LogP contribution in [0, 0.1) is 17.0 Å². The van der Waals surface area contributed by atoms with Gasteiger partial charge in [-0.2, -0.15) is 0 Å². The van der Waals surface area contributed by atoms with Crippen LogP contribution in [0.4, 0.5) is 5.69 Å². The van der Waals surface area contributed by atoms with Crippen LogP contribution >= 0.6 is 15.9 Å². The minimum absolute atomic E-state index is 0.0109. The Hall–Kier alpha value is -1.93. The molecule has 112 valence electrons. The third-order valence-electron chi connectivity index (χ3n) is 2.75. The highest BCUT2D eigenvalue weighted by Crippen LogP contribution is 2.38. The number of hydrogen-bond acceptors (Lipinski definition) is 6. The quantitative estimate of drug-likeness (QED) is 0.651. The van der Waals surface area contributed by atoms with Crippen molar-refractivity contribution in [3.8, 4) is 5.75 Å². The summed E-state index contributed by atoms with van der Waals surface area (Å²) in [6.45, 7) is 3.26. The number of halogens is 1. The fraction of sp³-hybridized carbons (Fsp3) is 0.308. The predicted molar refractivity (Wildman–Crippen MR) is 77.0 cm³/mol. The maximum Gasteiger partial charge on any atom is 0.312 e. The van der Waals surface area contributed by atoms with Gasteiger partial charge in [0.05, 0.1) is 16.7 Å². The summed E-state index contributed by atoms with van der Waals surface area (Å²) in [7, 11) is 0. The summed E-state index contributed by atoms with van der Waals surface area (Å²) < 4.78 is 11.0. The summed E-state index contributed by atoms with van der Waals surface area (Å²) in [5.41, 5.74) is 0.790. The van der Waals surface area contributed by atoms with Crippen LogP contribution in [0.5, 0.6) is 5.75 Å². The molecule has 0 amide bonds. The van der Waals surface area contributed by atoms with Crippen LogP contribution < -0.4 is 4.74 Å². The Bertz CT molecular complexity index is 669. The van der Waals surface area contributed by atoms with Gasteiger partial charge in [0, 0.05) is 22.2 Å². The fourth-order valence-corrected chi connectivity index (χ4v) is 2.29. The van der Waals surface area contributed by atoms with E-state index < -0.39 is 11.0 Å². The van der Waals surface area contributed by atoms with Crippen molar-refractivity contribution >= 4 is 21.6 Å². The van der Waals surface area contributed by atoms with Crippen molar-refractivity contribution in [2.24, 2.45) is 0 Å². The third-order valence-corrected chi connectivity index (χ3v) is 3.20. The Morgan fingerprint density at radius 2 is 2.24 bits per heavy atom. The van der Waals surface area contributed by atoms with E-state index in [1.165, 1.54) is 13.0 Å². The number of aromatic nitrogens is 1. The second kappa shape index (κ2) is 6.23. The van der Waals surface area contributed by atoms with E-state index in [4.69, 9.17) is 9.26 Å². The predicted octanol–water partition coefficient (Wildman–Crippen LogP) is 3.29. The molecule has 0 saturated heterocycles. The zero-order valence-electron chi connectivity index (χ0n) is 11.4. The summed E-state index contributed by atoms with van der Waals surface area (Å²) >= 11 is 3.18. The van der Waals surface area contributed by atoms with Gasteiger partial charge in [-0.15, -0.1) is 0 Å². The molecule has 0 unspecified atom stereocenters. The van der Waals surface area contributed by atoms with Crippen molar-refractivity contribution < 1.29 is 19.3 Å². The van der Waals surface area contributed by atoms with E-state index in [9.17, 15) is 15.2 Å². The van der Waals surface area contributed by atoms with Gasteiger partial charge in [0.1, 0.15) is 6.61 Å².